The van der Waals surface area contributed by atoms with Crippen LogP contribution in [0.25, 0.3) is 0 Å². The van der Waals surface area contributed by atoms with E-state index in [1.165, 1.54) is 0 Å². The Morgan fingerprint density at radius 1 is 1.35 bits per heavy atom. The molecule has 0 saturated carbocycles. The SMILES string of the molecule is CCN(C(=O)N[C@H](C(=O)O)C(C)(C)C)C1CCNCC1. The summed E-state index contributed by atoms with van der Waals surface area (Å²) in [6, 6.07) is -0.969. The first-order chi connectivity index (χ1) is 9.27. The Labute approximate surface area is 120 Å². The first kappa shape index (κ1) is 16.8. The van der Waals surface area contributed by atoms with Gasteiger partial charge in [-0.2, -0.15) is 0 Å². The monoisotopic (exact) mass is 285 g/mol. The van der Waals surface area contributed by atoms with Crippen molar-refractivity contribution in [2.45, 2.75) is 52.6 Å². The lowest BCUT2D eigenvalue weighted by Gasteiger charge is -2.36. The minimum atomic E-state index is -0.993. The van der Waals surface area contributed by atoms with Gasteiger partial charge in [-0.1, -0.05) is 20.8 Å². The minimum absolute atomic E-state index is 0.190. The van der Waals surface area contributed by atoms with Crippen LogP contribution in [0, 0.1) is 5.41 Å². The van der Waals surface area contributed by atoms with E-state index in [0.29, 0.717) is 6.54 Å². The fraction of sp³-hybridized carbons (Fsp3) is 0.857. The predicted octanol–water partition coefficient (Wildman–Crippen LogP) is 1.27. The van der Waals surface area contributed by atoms with Gasteiger partial charge in [0.05, 0.1) is 0 Å². The molecule has 1 fully saturated rings. The Bertz CT molecular complexity index is 346. The molecule has 6 heteroatoms. The number of carbonyl (C=O) groups excluding carboxylic acids is 1. The Morgan fingerprint density at radius 2 is 1.90 bits per heavy atom. The molecule has 0 aliphatic carbocycles. The van der Waals surface area contributed by atoms with Gasteiger partial charge < -0.3 is 20.6 Å². The number of carbonyl (C=O) groups is 2. The zero-order chi connectivity index (χ0) is 15.3. The lowest BCUT2D eigenvalue weighted by atomic mass is 9.87. The van der Waals surface area contributed by atoms with Crippen LogP contribution in [0.15, 0.2) is 0 Å². The van der Waals surface area contributed by atoms with Crippen LogP contribution in [0.4, 0.5) is 4.79 Å². The van der Waals surface area contributed by atoms with Crippen molar-refractivity contribution < 1.29 is 14.7 Å². The molecule has 0 spiro atoms. The summed E-state index contributed by atoms with van der Waals surface area (Å²) in [5.74, 6) is -0.993. The molecule has 6 nitrogen and oxygen atoms in total. The number of piperidine rings is 1. The molecule has 0 aromatic carbocycles. The van der Waals surface area contributed by atoms with E-state index in [2.05, 4.69) is 10.6 Å². The third kappa shape index (κ3) is 4.37. The standard InChI is InChI=1S/C14H27N3O3/c1-5-17(10-6-8-15-9-7-10)13(20)16-11(12(18)19)14(2,3)4/h10-11,15H,5-9H2,1-4H3,(H,16,20)(H,18,19)/t11-/m1/s1. The summed E-state index contributed by atoms with van der Waals surface area (Å²) in [6.45, 7) is 9.75. The topological polar surface area (TPSA) is 81.7 Å². The van der Waals surface area contributed by atoms with Gasteiger partial charge in [0.1, 0.15) is 6.04 Å². The predicted molar refractivity (Wildman–Crippen MR) is 77.7 cm³/mol. The molecule has 3 N–H and O–H groups in total. The number of hydrogen-bond acceptors (Lipinski definition) is 3. The van der Waals surface area contributed by atoms with Crippen molar-refractivity contribution in [2.24, 2.45) is 5.41 Å². The van der Waals surface area contributed by atoms with Crippen LogP contribution in [0.3, 0.4) is 0 Å². The Kier molecular flexibility index (Phi) is 5.80. The van der Waals surface area contributed by atoms with Gasteiger partial charge >= 0.3 is 12.0 Å². The molecule has 1 aliphatic heterocycles. The third-order valence-electron chi connectivity index (χ3n) is 3.73. The van der Waals surface area contributed by atoms with Gasteiger partial charge in [-0.3, -0.25) is 0 Å². The third-order valence-corrected chi connectivity index (χ3v) is 3.73. The molecule has 0 aromatic rings. The second-order valence-electron chi connectivity index (χ2n) is 6.35. The number of nitrogens with one attached hydrogen (secondary N) is 2. The molecule has 20 heavy (non-hydrogen) atoms. The summed E-state index contributed by atoms with van der Waals surface area (Å²) in [7, 11) is 0. The van der Waals surface area contributed by atoms with Crippen LogP contribution >= 0.6 is 0 Å². The molecule has 1 saturated heterocycles. The summed E-state index contributed by atoms with van der Waals surface area (Å²) < 4.78 is 0. The summed E-state index contributed by atoms with van der Waals surface area (Å²) in [6.07, 6.45) is 1.82. The molecule has 1 atom stereocenters. The van der Waals surface area contributed by atoms with Crippen molar-refractivity contribution in [2.75, 3.05) is 19.6 Å². The quantitative estimate of drug-likeness (QED) is 0.726. The van der Waals surface area contributed by atoms with E-state index < -0.39 is 17.4 Å². The summed E-state index contributed by atoms with van der Waals surface area (Å²) in [4.78, 5) is 25.4. The lowest BCUT2D eigenvalue weighted by Crippen LogP contribution is -2.56. The lowest BCUT2D eigenvalue weighted by molar-refractivity contribution is -0.142. The van der Waals surface area contributed by atoms with Gasteiger partial charge in [-0.15, -0.1) is 0 Å². The summed E-state index contributed by atoms with van der Waals surface area (Å²) >= 11 is 0. The molecular weight excluding hydrogens is 258 g/mol. The zero-order valence-corrected chi connectivity index (χ0v) is 12.9. The highest BCUT2D eigenvalue weighted by Gasteiger charge is 2.34. The molecule has 1 heterocycles. The average Bonchev–Trinajstić information content (AvgIpc) is 2.36. The molecule has 1 rings (SSSR count). The summed E-state index contributed by atoms with van der Waals surface area (Å²) in [5, 5.41) is 15.2. The van der Waals surface area contributed by atoms with Crippen molar-refractivity contribution >= 4 is 12.0 Å². The Hall–Kier alpha value is -1.30. The van der Waals surface area contributed by atoms with E-state index >= 15 is 0 Å². The highest BCUT2D eigenvalue weighted by Crippen LogP contribution is 2.20. The van der Waals surface area contributed by atoms with Crippen LogP contribution in [0.1, 0.15) is 40.5 Å². The van der Waals surface area contributed by atoms with Crippen molar-refractivity contribution in [3.8, 4) is 0 Å². The Balaban J connectivity index is 2.72. The number of hydrogen-bond donors (Lipinski definition) is 3. The number of urea groups is 1. The van der Waals surface area contributed by atoms with Crippen molar-refractivity contribution in [3.63, 3.8) is 0 Å². The van der Waals surface area contributed by atoms with Crippen molar-refractivity contribution in [1.29, 1.82) is 0 Å². The fourth-order valence-corrected chi connectivity index (χ4v) is 2.54. The number of nitrogens with zero attached hydrogens (tertiary/aromatic N) is 1. The summed E-state index contributed by atoms with van der Waals surface area (Å²) in [5.41, 5.74) is -0.519. The number of amides is 2. The van der Waals surface area contributed by atoms with E-state index in [1.807, 2.05) is 27.7 Å². The second kappa shape index (κ2) is 6.92. The van der Waals surface area contributed by atoms with E-state index in [1.54, 1.807) is 4.90 Å². The molecule has 1 aliphatic rings. The van der Waals surface area contributed by atoms with Gasteiger partial charge in [0.15, 0.2) is 0 Å². The maximum absolute atomic E-state index is 12.4. The van der Waals surface area contributed by atoms with Gasteiger partial charge in [0, 0.05) is 12.6 Å². The molecule has 116 valence electrons. The van der Waals surface area contributed by atoms with Crippen molar-refractivity contribution in [3.05, 3.63) is 0 Å². The smallest absolute Gasteiger partial charge is 0.326 e. The molecule has 0 unspecified atom stereocenters. The highest BCUT2D eigenvalue weighted by atomic mass is 16.4. The van der Waals surface area contributed by atoms with Gasteiger partial charge in [-0.05, 0) is 38.3 Å². The van der Waals surface area contributed by atoms with Crippen LogP contribution in [0.5, 0.6) is 0 Å². The van der Waals surface area contributed by atoms with E-state index in [-0.39, 0.29) is 12.1 Å². The van der Waals surface area contributed by atoms with Crippen molar-refractivity contribution in [1.82, 2.24) is 15.5 Å². The molecular formula is C14H27N3O3. The highest BCUT2D eigenvalue weighted by molar-refractivity contribution is 5.83. The van der Waals surface area contributed by atoms with E-state index in [0.717, 1.165) is 25.9 Å². The second-order valence-corrected chi connectivity index (χ2v) is 6.35. The van der Waals surface area contributed by atoms with E-state index in [9.17, 15) is 14.7 Å². The number of rotatable bonds is 4. The maximum Gasteiger partial charge on any atom is 0.326 e. The fourth-order valence-electron chi connectivity index (χ4n) is 2.54. The zero-order valence-electron chi connectivity index (χ0n) is 12.9. The van der Waals surface area contributed by atoms with Gasteiger partial charge in [-0.25, -0.2) is 9.59 Å². The van der Waals surface area contributed by atoms with Crippen LogP contribution in [-0.4, -0.2) is 53.7 Å². The van der Waals surface area contributed by atoms with Crippen LogP contribution in [0.2, 0.25) is 0 Å². The number of carboxylic acid groups (broad SMARTS) is 1. The minimum Gasteiger partial charge on any atom is -0.480 e. The number of carboxylic acids is 1. The molecule has 0 radical (unpaired) electrons. The average molecular weight is 285 g/mol. The van der Waals surface area contributed by atoms with Gasteiger partial charge in [0.2, 0.25) is 0 Å². The first-order valence-corrected chi connectivity index (χ1v) is 7.28. The maximum atomic E-state index is 12.4. The molecule has 0 bridgehead atoms. The van der Waals surface area contributed by atoms with E-state index in [4.69, 9.17) is 0 Å². The number of aliphatic carboxylic acids is 1. The molecule has 0 aromatic heterocycles. The van der Waals surface area contributed by atoms with Gasteiger partial charge in [0.25, 0.3) is 0 Å². The largest absolute Gasteiger partial charge is 0.480 e. The first-order valence-electron chi connectivity index (χ1n) is 7.28. The van der Waals surface area contributed by atoms with Crippen LogP contribution in [-0.2, 0) is 4.79 Å². The molecule has 2 amide bonds. The normalized spacial score (nSPS) is 18.4. The van der Waals surface area contributed by atoms with Crippen LogP contribution < -0.4 is 10.6 Å². The Morgan fingerprint density at radius 3 is 2.30 bits per heavy atom.